The number of benzene rings is 2. The summed E-state index contributed by atoms with van der Waals surface area (Å²) in [5.41, 5.74) is 1.54. The number of carbonyl (C=O) groups is 1. The molecule has 0 atom stereocenters. The molecule has 0 aliphatic rings. The largest absolute Gasteiger partial charge is 0.324 e. The smallest absolute Gasteiger partial charge is 0.266 e. The summed E-state index contributed by atoms with van der Waals surface area (Å²) in [6, 6.07) is 18.7. The number of nitrogens with one attached hydrogen (secondary N) is 1. The molecule has 0 aliphatic heterocycles. The van der Waals surface area contributed by atoms with Gasteiger partial charge in [-0.05, 0) is 24.6 Å². The van der Waals surface area contributed by atoms with Crippen LogP contribution in [0.4, 0.5) is 10.1 Å². The Labute approximate surface area is 150 Å². The Balaban J connectivity index is 1.60. The zero-order chi connectivity index (χ0) is 18.4. The van der Waals surface area contributed by atoms with Crippen molar-refractivity contribution in [3.63, 3.8) is 0 Å². The van der Waals surface area contributed by atoms with Gasteiger partial charge in [0.15, 0.2) is 0 Å². The molecule has 0 aliphatic carbocycles. The summed E-state index contributed by atoms with van der Waals surface area (Å²) >= 11 is 0. The lowest BCUT2D eigenvalue weighted by Gasteiger charge is -2.08. The van der Waals surface area contributed by atoms with Crippen LogP contribution in [0.5, 0.6) is 0 Å². The molecule has 0 saturated heterocycles. The van der Waals surface area contributed by atoms with Gasteiger partial charge in [0.2, 0.25) is 5.91 Å². The van der Waals surface area contributed by atoms with E-state index in [0.717, 1.165) is 5.56 Å². The van der Waals surface area contributed by atoms with E-state index in [1.54, 1.807) is 18.2 Å². The highest BCUT2D eigenvalue weighted by atomic mass is 19.1. The van der Waals surface area contributed by atoms with E-state index in [-0.39, 0.29) is 23.6 Å². The highest BCUT2D eigenvalue weighted by Gasteiger charge is 2.08. The number of para-hydroxylation sites is 1. The fourth-order valence-corrected chi connectivity index (χ4v) is 2.54. The molecule has 0 bridgehead atoms. The summed E-state index contributed by atoms with van der Waals surface area (Å²) in [7, 11) is 0. The van der Waals surface area contributed by atoms with E-state index in [2.05, 4.69) is 10.4 Å². The SMILES string of the molecule is O=C(CCCn1nc(-c2ccccc2)ccc1=O)Nc1ccccc1F. The van der Waals surface area contributed by atoms with Gasteiger partial charge >= 0.3 is 0 Å². The summed E-state index contributed by atoms with van der Waals surface area (Å²) in [5.74, 6) is -0.781. The average molecular weight is 351 g/mol. The molecular weight excluding hydrogens is 333 g/mol. The molecule has 0 spiro atoms. The molecule has 26 heavy (non-hydrogen) atoms. The van der Waals surface area contributed by atoms with Crippen LogP contribution in [0.2, 0.25) is 0 Å². The van der Waals surface area contributed by atoms with E-state index in [4.69, 9.17) is 0 Å². The molecule has 0 unspecified atom stereocenters. The van der Waals surface area contributed by atoms with Gasteiger partial charge in [-0.15, -0.1) is 0 Å². The molecule has 1 amide bonds. The molecule has 0 radical (unpaired) electrons. The third-order valence-electron chi connectivity index (χ3n) is 3.86. The average Bonchev–Trinajstić information content (AvgIpc) is 2.66. The molecule has 3 aromatic rings. The normalized spacial score (nSPS) is 10.5. The number of halogens is 1. The quantitative estimate of drug-likeness (QED) is 0.740. The highest BCUT2D eigenvalue weighted by Crippen LogP contribution is 2.15. The second kappa shape index (κ2) is 8.20. The Bertz CT molecular complexity index is 955. The van der Waals surface area contributed by atoms with E-state index in [9.17, 15) is 14.0 Å². The summed E-state index contributed by atoms with van der Waals surface area (Å²) in [6.45, 7) is 0.310. The van der Waals surface area contributed by atoms with E-state index in [1.165, 1.54) is 22.9 Å². The van der Waals surface area contributed by atoms with Crippen molar-refractivity contribution in [1.82, 2.24) is 9.78 Å². The maximum atomic E-state index is 13.5. The van der Waals surface area contributed by atoms with Crippen molar-refractivity contribution in [2.24, 2.45) is 0 Å². The third kappa shape index (κ3) is 4.42. The molecule has 132 valence electrons. The molecule has 1 heterocycles. The Morgan fingerprint density at radius 2 is 1.73 bits per heavy atom. The number of amides is 1. The van der Waals surface area contributed by atoms with Crippen molar-refractivity contribution in [1.29, 1.82) is 0 Å². The summed E-state index contributed by atoms with van der Waals surface area (Å²) in [5, 5.41) is 6.88. The third-order valence-corrected chi connectivity index (χ3v) is 3.86. The van der Waals surface area contributed by atoms with Crippen LogP contribution in [-0.2, 0) is 11.3 Å². The number of rotatable bonds is 6. The summed E-state index contributed by atoms with van der Waals surface area (Å²) in [6.07, 6.45) is 0.587. The fraction of sp³-hybridized carbons (Fsp3) is 0.150. The summed E-state index contributed by atoms with van der Waals surface area (Å²) in [4.78, 5) is 23.9. The molecule has 5 nitrogen and oxygen atoms in total. The van der Waals surface area contributed by atoms with Crippen LogP contribution in [0, 0.1) is 5.82 Å². The lowest BCUT2D eigenvalue weighted by Crippen LogP contribution is -2.23. The fourth-order valence-electron chi connectivity index (χ4n) is 2.54. The number of hydrogen-bond donors (Lipinski definition) is 1. The predicted molar refractivity (Wildman–Crippen MR) is 98.2 cm³/mol. The molecule has 2 aromatic carbocycles. The maximum absolute atomic E-state index is 13.5. The molecule has 0 saturated carbocycles. The van der Waals surface area contributed by atoms with Gasteiger partial charge in [0.1, 0.15) is 5.82 Å². The van der Waals surface area contributed by atoms with Crippen LogP contribution >= 0.6 is 0 Å². The van der Waals surface area contributed by atoms with Crippen LogP contribution in [0.25, 0.3) is 11.3 Å². The van der Waals surface area contributed by atoms with Gasteiger partial charge in [-0.1, -0.05) is 42.5 Å². The minimum atomic E-state index is -0.478. The van der Waals surface area contributed by atoms with Crippen molar-refractivity contribution in [2.75, 3.05) is 5.32 Å². The molecule has 3 rings (SSSR count). The van der Waals surface area contributed by atoms with Crippen molar-refractivity contribution in [3.8, 4) is 11.3 Å². The highest BCUT2D eigenvalue weighted by molar-refractivity contribution is 5.90. The van der Waals surface area contributed by atoms with Gasteiger partial charge in [-0.2, -0.15) is 5.10 Å². The lowest BCUT2D eigenvalue weighted by atomic mass is 10.1. The Hall–Kier alpha value is -3.28. The van der Waals surface area contributed by atoms with Crippen molar-refractivity contribution in [3.05, 3.63) is 82.9 Å². The first-order valence-corrected chi connectivity index (χ1v) is 8.31. The van der Waals surface area contributed by atoms with Crippen molar-refractivity contribution in [2.45, 2.75) is 19.4 Å². The Morgan fingerprint density at radius 1 is 1.00 bits per heavy atom. The van der Waals surface area contributed by atoms with E-state index in [0.29, 0.717) is 18.7 Å². The first kappa shape index (κ1) is 17.5. The maximum Gasteiger partial charge on any atom is 0.266 e. The number of aromatic nitrogens is 2. The number of hydrogen-bond acceptors (Lipinski definition) is 3. The predicted octanol–water partition coefficient (Wildman–Crippen LogP) is 3.47. The van der Waals surface area contributed by atoms with E-state index in [1.807, 2.05) is 30.3 Å². The molecule has 1 aromatic heterocycles. The number of anilines is 1. The first-order valence-electron chi connectivity index (χ1n) is 8.31. The molecule has 0 fully saturated rings. The van der Waals surface area contributed by atoms with Crippen LogP contribution in [0.1, 0.15) is 12.8 Å². The van der Waals surface area contributed by atoms with Gasteiger partial charge in [-0.25, -0.2) is 9.07 Å². The minimum absolute atomic E-state index is 0.152. The number of carbonyl (C=O) groups excluding carboxylic acids is 1. The van der Waals surface area contributed by atoms with Crippen molar-refractivity contribution < 1.29 is 9.18 Å². The van der Waals surface area contributed by atoms with Gasteiger partial charge in [0, 0.05) is 24.6 Å². The van der Waals surface area contributed by atoms with Crippen LogP contribution in [0.15, 0.2) is 71.5 Å². The van der Waals surface area contributed by atoms with Gasteiger partial charge in [-0.3, -0.25) is 9.59 Å². The second-order valence-corrected chi connectivity index (χ2v) is 5.78. The first-order chi connectivity index (χ1) is 12.6. The number of nitrogens with zero attached hydrogens (tertiary/aromatic N) is 2. The van der Waals surface area contributed by atoms with Crippen LogP contribution in [0.3, 0.4) is 0 Å². The molecular formula is C20H18FN3O2. The molecule has 1 N–H and O–H groups in total. The van der Waals surface area contributed by atoms with Gasteiger partial charge in [0.25, 0.3) is 5.56 Å². The monoisotopic (exact) mass is 351 g/mol. The van der Waals surface area contributed by atoms with Gasteiger partial charge < -0.3 is 5.32 Å². The lowest BCUT2D eigenvalue weighted by molar-refractivity contribution is -0.116. The zero-order valence-electron chi connectivity index (χ0n) is 14.1. The van der Waals surface area contributed by atoms with Crippen LogP contribution in [-0.4, -0.2) is 15.7 Å². The zero-order valence-corrected chi connectivity index (χ0v) is 14.1. The van der Waals surface area contributed by atoms with Crippen molar-refractivity contribution >= 4 is 11.6 Å². The number of aryl methyl sites for hydroxylation is 1. The Kier molecular flexibility index (Phi) is 5.53. The molecule has 6 heteroatoms. The minimum Gasteiger partial charge on any atom is -0.324 e. The van der Waals surface area contributed by atoms with E-state index < -0.39 is 5.82 Å². The second-order valence-electron chi connectivity index (χ2n) is 5.78. The summed E-state index contributed by atoms with van der Waals surface area (Å²) < 4.78 is 14.9. The van der Waals surface area contributed by atoms with Crippen LogP contribution < -0.4 is 10.9 Å². The van der Waals surface area contributed by atoms with Gasteiger partial charge in [0.05, 0.1) is 11.4 Å². The Morgan fingerprint density at radius 3 is 2.50 bits per heavy atom. The topological polar surface area (TPSA) is 64.0 Å². The van der Waals surface area contributed by atoms with E-state index >= 15 is 0 Å². The standard InChI is InChI=1S/C20H18FN3O2/c21-16-9-4-5-10-18(16)22-19(25)11-6-14-24-20(26)13-12-17(23-24)15-7-2-1-3-8-15/h1-5,7-10,12-13H,6,11,14H2,(H,22,25).